The molecule has 0 aliphatic rings. The number of rotatable bonds is 1. The first-order valence-electron chi connectivity index (χ1n) is 14.3. The number of hydrogen-bond acceptors (Lipinski definition) is 3. The minimum absolute atomic E-state index is 0.114. The Hall–Kier alpha value is -3.66. The van der Waals surface area contributed by atoms with Crippen LogP contribution in [0.5, 0.6) is 0 Å². The molecule has 6 rings (SSSR count). The summed E-state index contributed by atoms with van der Waals surface area (Å²) in [7, 11) is 1.64. The first-order chi connectivity index (χ1) is 18.6. The molecular weight excluding hydrogens is 384 g/mol. The highest BCUT2D eigenvalue weighted by molar-refractivity contribution is 6.22. The van der Waals surface area contributed by atoms with E-state index in [1.165, 1.54) is 12.3 Å². The van der Waals surface area contributed by atoms with Crippen molar-refractivity contribution in [1.29, 1.82) is 0 Å². The maximum atomic E-state index is 8.13. The lowest BCUT2D eigenvalue weighted by Gasteiger charge is -2.07. The molecule has 4 heterocycles. The molecule has 0 radical (unpaired) electrons. The third kappa shape index (κ3) is 2.42. The fourth-order valence-corrected chi connectivity index (χ4v) is 4.34. The molecular formula is C27H23N2O2+. The van der Waals surface area contributed by atoms with Crippen molar-refractivity contribution in [2.75, 3.05) is 0 Å². The Kier molecular flexibility index (Phi) is 2.21. The van der Waals surface area contributed by atoms with Crippen LogP contribution in [0.2, 0.25) is 0 Å². The van der Waals surface area contributed by atoms with Crippen LogP contribution in [0.4, 0.5) is 0 Å². The molecule has 0 aliphatic carbocycles. The normalized spacial score (nSPS) is 17.5. The van der Waals surface area contributed by atoms with Gasteiger partial charge in [-0.15, -0.1) is 0 Å². The molecule has 0 bridgehead atoms. The smallest absolute Gasteiger partial charge is 0.216 e. The molecule has 6 aromatic rings. The van der Waals surface area contributed by atoms with Crippen molar-refractivity contribution in [3.8, 4) is 11.3 Å². The second-order valence-electron chi connectivity index (χ2n) is 7.77. The summed E-state index contributed by atoms with van der Waals surface area (Å²) in [4.78, 5) is 4.53. The first kappa shape index (κ1) is 11.1. The Morgan fingerprint density at radius 3 is 2.58 bits per heavy atom. The van der Waals surface area contributed by atoms with Gasteiger partial charge in [0, 0.05) is 34.7 Å². The molecule has 4 aromatic heterocycles. The zero-order valence-electron chi connectivity index (χ0n) is 25.8. The summed E-state index contributed by atoms with van der Waals surface area (Å²) < 4.78 is 86.2. The van der Waals surface area contributed by atoms with Crippen molar-refractivity contribution in [2.24, 2.45) is 7.05 Å². The van der Waals surface area contributed by atoms with Gasteiger partial charge in [0.1, 0.15) is 18.1 Å². The minimum Gasteiger partial charge on any atom is -0.454 e. The van der Waals surface area contributed by atoms with Gasteiger partial charge >= 0.3 is 0 Å². The molecule has 31 heavy (non-hydrogen) atoms. The highest BCUT2D eigenvalue weighted by Crippen LogP contribution is 2.42. The number of aryl methyl sites for hydroxylation is 5. The van der Waals surface area contributed by atoms with Crippen LogP contribution in [0.25, 0.3) is 55.3 Å². The number of hydrogen-bond donors (Lipinski definition) is 0. The first-order valence-corrected chi connectivity index (χ1v) is 9.80. The largest absolute Gasteiger partial charge is 0.454 e. The van der Waals surface area contributed by atoms with Gasteiger partial charge in [-0.05, 0) is 50.7 Å². The average molecular weight is 417 g/mol. The van der Waals surface area contributed by atoms with Crippen molar-refractivity contribution < 1.29 is 25.7 Å². The molecule has 4 heteroatoms. The second kappa shape index (κ2) is 6.17. The van der Waals surface area contributed by atoms with Crippen LogP contribution in [-0.4, -0.2) is 4.98 Å². The van der Waals surface area contributed by atoms with Crippen LogP contribution < -0.4 is 4.57 Å². The molecule has 4 nitrogen and oxygen atoms in total. The van der Waals surface area contributed by atoms with Crippen molar-refractivity contribution in [2.45, 2.75) is 27.5 Å². The quantitative estimate of drug-likeness (QED) is 0.283. The number of para-hydroxylation sites is 1. The van der Waals surface area contributed by atoms with Crippen molar-refractivity contribution in [1.82, 2.24) is 4.98 Å². The standard InChI is InChI=1S/C27H23N2O2/c1-14-10-11-19-24-27(23-18-8-6-7-9-21(18)30-25(23)17(4)28-24)31-26(19)22(14)20-12-15(2)16(3)13-29(20)5/h6-13H,1-5H3/q+1/i2D3,3D3,4D3. The van der Waals surface area contributed by atoms with E-state index in [0.717, 1.165) is 5.56 Å². The number of furan rings is 2. The monoisotopic (exact) mass is 416 g/mol. The topological polar surface area (TPSA) is 43.1 Å². The van der Waals surface area contributed by atoms with Crippen LogP contribution in [0.1, 0.15) is 34.7 Å². The molecule has 0 aliphatic heterocycles. The van der Waals surface area contributed by atoms with Crippen molar-refractivity contribution >= 4 is 44.0 Å². The summed E-state index contributed by atoms with van der Waals surface area (Å²) in [6, 6.07) is 12.1. The summed E-state index contributed by atoms with van der Waals surface area (Å²) in [6.07, 6.45) is 1.32. The maximum Gasteiger partial charge on any atom is 0.216 e. The predicted octanol–water partition coefficient (Wildman–Crippen LogP) is 6.61. The van der Waals surface area contributed by atoms with Gasteiger partial charge in [-0.2, -0.15) is 0 Å². The molecule has 0 amide bonds. The second-order valence-corrected chi connectivity index (χ2v) is 7.77. The summed E-state index contributed by atoms with van der Waals surface area (Å²) in [5, 5.41) is 1.69. The van der Waals surface area contributed by atoms with E-state index in [4.69, 9.17) is 21.2 Å². The van der Waals surface area contributed by atoms with Gasteiger partial charge in [0.2, 0.25) is 5.69 Å². The maximum absolute atomic E-state index is 8.13. The van der Waals surface area contributed by atoms with Crippen LogP contribution >= 0.6 is 0 Å². The van der Waals surface area contributed by atoms with Gasteiger partial charge in [0.05, 0.1) is 16.6 Å². The lowest BCUT2D eigenvalue weighted by atomic mass is 9.99. The van der Waals surface area contributed by atoms with Crippen LogP contribution in [0.15, 0.2) is 57.5 Å². The highest BCUT2D eigenvalue weighted by Gasteiger charge is 2.24. The Bertz CT molecular complexity index is 1990. The van der Waals surface area contributed by atoms with E-state index in [1.807, 2.05) is 25.1 Å². The van der Waals surface area contributed by atoms with Crippen molar-refractivity contribution in [3.63, 3.8) is 0 Å². The van der Waals surface area contributed by atoms with Gasteiger partial charge in [0.25, 0.3) is 0 Å². The zero-order valence-corrected chi connectivity index (χ0v) is 16.8. The van der Waals surface area contributed by atoms with E-state index in [0.29, 0.717) is 49.7 Å². The Morgan fingerprint density at radius 1 is 0.871 bits per heavy atom. The Balaban J connectivity index is 1.77. The van der Waals surface area contributed by atoms with Gasteiger partial charge in [-0.25, -0.2) is 9.55 Å². The van der Waals surface area contributed by atoms with E-state index < -0.39 is 20.6 Å². The average Bonchev–Trinajstić information content (AvgIpc) is 3.40. The summed E-state index contributed by atoms with van der Waals surface area (Å²) in [5.74, 6) is 0. The molecule has 0 spiro atoms. The third-order valence-electron chi connectivity index (χ3n) is 5.83. The van der Waals surface area contributed by atoms with Crippen molar-refractivity contribution in [3.05, 3.63) is 71.0 Å². The molecule has 2 aromatic carbocycles. The molecule has 0 atom stereocenters. The summed E-state index contributed by atoms with van der Waals surface area (Å²) >= 11 is 0. The fourth-order valence-electron chi connectivity index (χ4n) is 4.34. The number of benzene rings is 2. The van der Waals surface area contributed by atoms with E-state index in [1.54, 1.807) is 29.8 Å². The number of nitrogens with zero attached hydrogens (tertiary/aromatic N) is 2. The summed E-state index contributed by atoms with van der Waals surface area (Å²) in [5.41, 5.74) is 2.62. The Morgan fingerprint density at radius 2 is 1.74 bits per heavy atom. The lowest BCUT2D eigenvalue weighted by Crippen LogP contribution is -2.31. The van der Waals surface area contributed by atoms with E-state index in [2.05, 4.69) is 4.98 Å². The molecule has 0 N–H and O–H groups in total. The third-order valence-corrected chi connectivity index (χ3v) is 5.83. The van der Waals surface area contributed by atoms with Crippen LogP contribution in [-0.2, 0) is 7.05 Å². The molecule has 0 fully saturated rings. The molecule has 152 valence electrons. The van der Waals surface area contributed by atoms with Crippen LogP contribution in [0, 0.1) is 27.5 Å². The van der Waals surface area contributed by atoms with Gasteiger partial charge in [0.15, 0.2) is 22.9 Å². The van der Waals surface area contributed by atoms with E-state index >= 15 is 0 Å². The van der Waals surface area contributed by atoms with E-state index in [9.17, 15) is 0 Å². The number of fused-ring (bicyclic) bond motifs is 7. The molecule has 0 unspecified atom stereocenters. The SMILES string of the molecule is [2H]C([2H])([2H])c1cc(-c2c(C)ccc3c2oc2c3nc(C([2H])([2H])[2H])c3oc4ccccc4c32)[n+](C)cc1C([2H])([2H])[2H]. The molecule has 0 saturated heterocycles. The van der Waals surface area contributed by atoms with Gasteiger partial charge < -0.3 is 8.83 Å². The van der Waals surface area contributed by atoms with Gasteiger partial charge in [-0.3, -0.25) is 0 Å². The molecule has 0 saturated carbocycles. The van der Waals surface area contributed by atoms with Crippen LogP contribution in [0.3, 0.4) is 0 Å². The zero-order chi connectivity index (χ0) is 28.9. The number of pyridine rings is 2. The predicted molar refractivity (Wildman–Crippen MR) is 124 cm³/mol. The Labute approximate surface area is 192 Å². The highest BCUT2D eigenvalue weighted by atomic mass is 16.3. The van der Waals surface area contributed by atoms with E-state index in [-0.39, 0.29) is 22.4 Å². The van der Waals surface area contributed by atoms with Gasteiger partial charge in [-0.1, -0.05) is 24.3 Å². The number of aromatic nitrogens is 2. The minimum atomic E-state index is -2.68. The fraction of sp³-hybridized carbons (Fsp3) is 0.185. The lowest BCUT2D eigenvalue weighted by molar-refractivity contribution is -0.660. The summed E-state index contributed by atoms with van der Waals surface area (Å²) in [6.45, 7) is -6.05.